The summed E-state index contributed by atoms with van der Waals surface area (Å²) < 4.78 is 13.3. The molecule has 0 saturated heterocycles. The molecule has 0 aliphatic carbocycles. The van der Waals surface area contributed by atoms with E-state index >= 15 is 0 Å². The zero-order valence-corrected chi connectivity index (χ0v) is 16.9. The summed E-state index contributed by atoms with van der Waals surface area (Å²) in [7, 11) is 0. The fourth-order valence-electron chi connectivity index (χ4n) is 2.49. The molecule has 0 atom stereocenters. The Morgan fingerprint density at radius 3 is 1.00 bits per heavy atom. The Bertz CT molecular complexity index is 1240. The molecule has 0 spiro atoms. The fraction of sp³-hybridized carbons (Fsp3) is 0. The molecule has 0 aliphatic rings. The van der Waals surface area contributed by atoms with Crippen molar-refractivity contribution in [1.29, 1.82) is 0 Å². The van der Waals surface area contributed by atoms with Gasteiger partial charge in [-0.3, -0.25) is 0 Å². The number of aromatic nitrogens is 6. The second kappa shape index (κ2) is 9.53. The fourth-order valence-corrected chi connectivity index (χ4v) is 2.49. The van der Waals surface area contributed by atoms with Crippen LogP contribution in [0.25, 0.3) is 33.1 Å². The van der Waals surface area contributed by atoms with Crippen LogP contribution in [0, 0.1) is 0 Å². The van der Waals surface area contributed by atoms with Crippen LogP contribution >= 0.6 is 0 Å². The summed E-state index contributed by atoms with van der Waals surface area (Å²) in [5, 5.41) is 37.4. The number of fused-ring (bicyclic) bond motifs is 3. The van der Waals surface area contributed by atoms with Crippen LogP contribution in [0.2, 0.25) is 0 Å². The first-order chi connectivity index (χ1) is 14.6. The van der Waals surface area contributed by atoms with Crippen molar-refractivity contribution in [3.05, 3.63) is 72.8 Å². The van der Waals surface area contributed by atoms with E-state index in [1.807, 2.05) is 18.2 Å². The summed E-state index contributed by atoms with van der Waals surface area (Å²) in [6, 6.07) is 21.3. The molecular formula is C18H15CrN6O6+3. The summed E-state index contributed by atoms with van der Waals surface area (Å²) in [4.78, 5) is 1.90. The van der Waals surface area contributed by atoms with Gasteiger partial charge in [0.25, 0.3) is 33.1 Å². The van der Waals surface area contributed by atoms with Gasteiger partial charge in [-0.05, 0) is 50.3 Å². The van der Waals surface area contributed by atoms with Gasteiger partial charge in [-0.2, -0.15) is 0 Å². The Hall–Kier alpha value is -4.21. The normalized spacial score (nSPS) is 10.1. The van der Waals surface area contributed by atoms with Crippen LogP contribution in [0.4, 0.5) is 0 Å². The maximum absolute atomic E-state index is 8.90. The summed E-state index contributed by atoms with van der Waals surface area (Å²) >= 11 is 0. The van der Waals surface area contributed by atoms with E-state index in [9.17, 15) is 0 Å². The van der Waals surface area contributed by atoms with E-state index in [4.69, 9.17) is 15.6 Å². The van der Waals surface area contributed by atoms with Gasteiger partial charge in [-0.25, -0.2) is 0 Å². The summed E-state index contributed by atoms with van der Waals surface area (Å²) in [6.45, 7) is 0. The van der Waals surface area contributed by atoms with Crippen LogP contribution < -0.4 is 14.7 Å². The number of nitrogens with zero attached hydrogens (tertiary/aromatic N) is 6. The Balaban J connectivity index is 0.000000130. The average Bonchev–Trinajstić information content (AvgIpc) is 3.48. The Morgan fingerprint density at radius 2 is 0.742 bits per heavy atom. The van der Waals surface area contributed by atoms with Gasteiger partial charge in [0.2, 0.25) is 0 Å². The molecule has 0 fully saturated rings. The van der Waals surface area contributed by atoms with Crippen molar-refractivity contribution in [3.63, 3.8) is 0 Å². The Kier molecular flexibility index (Phi) is 6.61. The monoisotopic (exact) mass is 463 g/mol. The molecule has 0 aliphatic heterocycles. The molecule has 3 aromatic carbocycles. The van der Waals surface area contributed by atoms with E-state index in [1.54, 1.807) is 54.6 Å². The largest absolute Gasteiger partial charge is 0.316 e. The molecular weight excluding hydrogens is 448 g/mol. The molecule has 156 valence electrons. The van der Waals surface area contributed by atoms with Crippen LogP contribution in [0.15, 0.2) is 86.7 Å². The maximum atomic E-state index is 8.90. The molecule has 0 unspecified atom stereocenters. The zero-order valence-electron chi connectivity index (χ0n) is 15.6. The average molecular weight is 463 g/mol. The van der Waals surface area contributed by atoms with Gasteiger partial charge < -0.3 is 15.6 Å². The second-order valence-electron chi connectivity index (χ2n) is 5.80. The first kappa shape index (κ1) is 21.5. The molecule has 31 heavy (non-hydrogen) atoms. The number of hydrogen-bond acceptors (Lipinski definition) is 9. The molecule has 6 aromatic rings. The third-order valence-corrected chi connectivity index (χ3v) is 3.91. The Labute approximate surface area is 183 Å². The predicted octanol–water partition coefficient (Wildman–Crippen LogP) is 1.06. The molecule has 0 radical (unpaired) electrons. The van der Waals surface area contributed by atoms with Gasteiger partial charge in [0, 0.05) is 17.4 Å². The van der Waals surface area contributed by atoms with Crippen LogP contribution in [0.3, 0.4) is 0 Å². The molecule has 3 N–H and O–H groups in total. The second-order valence-corrected chi connectivity index (χ2v) is 5.80. The van der Waals surface area contributed by atoms with E-state index < -0.39 is 0 Å². The number of benzene rings is 3. The smallest absolute Gasteiger partial charge is 0.278 e. The topological polar surface area (TPSA) is 150 Å². The van der Waals surface area contributed by atoms with E-state index in [-0.39, 0.29) is 17.4 Å². The predicted molar refractivity (Wildman–Crippen MR) is 94.2 cm³/mol. The van der Waals surface area contributed by atoms with E-state index in [2.05, 4.69) is 29.4 Å². The summed E-state index contributed by atoms with van der Waals surface area (Å²) in [6.07, 6.45) is 0. The molecule has 6 rings (SSSR count). The van der Waals surface area contributed by atoms with Gasteiger partial charge in [0.15, 0.2) is 15.5 Å². The van der Waals surface area contributed by atoms with E-state index in [1.165, 1.54) is 0 Å². The summed E-state index contributed by atoms with van der Waals surface area (Å²) in [5.41, 5.74) is 3.65. The first-order valence-electron chi connectivity index (χ1n) is 8.52. The standard InChI is InChI=1S/3C6H5N2O2.Cr/c3*9-8-6-4-2-1-3-5(6)7-10-8;/h3*1-4,9H;/q3*+1;. The summed E-state index contributed by atoms with van der Waals surface area (Å²) in [5.74, 6) is 0. The van der Waals surface area contributed by atoms with Crippen molar-refractivity contribution >= 4 is 33.1 Å². The molecule has 12 nitrogen and oxygen atoms in total. The van der Waals surface area contributed by atoms with Gasteiger partial charge in [0.1, 0.15) is 14.7 Å². The molecule has 0 amide bonds. The van der Waals surface area contributed by atoms with Crippen molar-refractivity contribution in [2.45, 2.75) is 0 Å². The Morgan fingerprint density at radius 1 is 0.484 bits per heavy atom. The molecule has 0 saturated carbocycles. The molecule has 3 aromatic heterocycles. The van der Waals surface area contributed by atoms with Crippen LogP contribution in [-0.4, -0.2) is 31.1 Å². The van der Waals surface area contributed by atoms with E-state index in [0.717, 1.165) is 0 Å². The van der Waals surface area contributed by atoms with Crippen LogP contribution in [-0.2, 0) is 17.4 Å². The molecule has 0 bridgehead atoms. The van der Waals surface area contributed by atoms with Crippen LogP contribution in [0.1, 0.15) is 0 Å². The minimum absolute atomic E-state index is 0. The SMILES string of the molecule is O[n+]1onc2ccccc21.O[n+]1onc2ccccc21.O[n+]1onc2ccccc21.[Cr]. The number of para-hydroxylation sites is 3. The minimum Gasteiger partial charge on any atom is -0.316 e. The van der Waals surface area contributed by atoms with Crippen molar-refractivity contribution in [2.24, 2.45) is 0 Å². The van der Waals surface area contributed by atoms with Crippen molar-refractivity contribution < 1.29 is 61.6 Å². The third kappa shape index (κ3) is 4.69. The quantitative estimate of drug-likeness (QED) is 0.281. The third-order valence-electron chi connectivity index (χ3n) is 3.91. The maximum Gasteiger partial charge on any atom is 0.278 e. The van der Waals surface area contributed by atoms with Gasteiger partial charge in [-0.15, -0.1) is 0 Å². The first-order valence-corrected chi connectivity index (χ1v) is 8.52. The number of hydrogen-bond donors (Lipinski definition) is 3. The zero-order chi connectivity index (χ0) is 20.9. The van der Waals surface area contributed by atoms with Gasteiger partial charge in [-0.1, -0.05) is 36.4 Å². The van der Waals surface area contributed by atoms with Gasteiger partial charge in [0.05, 0.1) is 0 Å². The molecule has 13 heteroatoms. The van der Waals surface area contributed by atoms with Crippen molar-refractivity contribution in [1.82, 2.24) is 15.5 Å². The van der Waals surface area contributed by atoms with Crippen LogP contribution in [0.5, 0.6) is 0 Å². The minimum atomic E-state index is 0. The van der Waals surface area contributed by atoms with Gasteiger partial charge >= 0.3 is 0 Å². The molecule has 3 heterocycles. The van der Waals surface area contributed by atoms with E-state index in [0.29, 0.717) is 47.8 Å². The van der Waals surface area contributed by atoms with Crippen molar-refractivity contribution in [2.75, 3.05) is 0 Å². The number of rotatable bonds is 0. The van der Waals surface area contributed by atoms with Crippen molar-refractivity contribution in [3.8, 4) is 0 Å².